The molecule has 0 aliphatic carbocycles. The number of amides is 1. The van der Waals surface area contributed by atoms with E-state index in [-0.39, 0.29) is 6.61 Å². The summed E-state index contributed by atoms with van der Waals surface area (Å²) in [6.07, 6.45) is -0.514. The summed E-state index contributed by atoms with van der Waals surface area (Å²) in [7, 11) is 0. The molecule has 0 aromatic heterocycles. The zero-order valence-corrected chi connectivity index (χ0v) is 16.9. The fourth-order valence-corrected chi connectivity index (χ4v) is 3.10. The number of rotatable bonds is 7. The molecule has 0 saturated heterocycles. The van der Waals surface area contributed by atoms with Crippen LogP contribution in [0.5, 0.6) is 5.75 Å². The monoisotopic (exact) mass is 405 g/mol. The third kappa shape index (κ3) is 4.97. The second-order valence-electron chi connectivity index (χ2n) is 6.74. The normalized spacial score (nSPS) is 10.3. The number of aryl methyl sites for hydroxylation is 1. The predicted molar refractivity (Wildman–Crippen MR) is 114 cm³/mol. The van der Waals surface area contributed by atoms with E-state index in [0.717, 1.165) is 16.7 Å². The number of carboxylic acids is 1. The molecule has 6 nitrogen and oxygen atoms in total. The number of ether oxygens (including phenoxy) is 2. The maximum Gasteiger partial charge on any atom is 0.419 e. The third-order valence-corrected chi connectivity index (χ3v) is 4.62. The van der Waals surface area contributed by atoms with Gasteiger partial charge in [-0.25, -0.2) is 14.5 Å². The molecule has 0 spiro atoms. The molecule has 30 heavy (non-hydrogen) atoms. The van der Waals surface area contributed by atoms with Crippen LogP contribution in [0.4, 0.5) is 16.2 Å². The zero-order chi connectivity index (χ0) is 21.5. The van der Waals surface area contributed by atoms with Gasteiger partial charge in [0, 0.05) is 0 Å². The Hall–Kier alpha value is -3.80. The van der Waals surface area contributed by atoms with Crippen molar-refractivity contribution < 1.29 is 24.2 Å². The molecule has 0 radical (unpaired) electrons. The van der Waals surface area contributed by atoms with E-state index in [1.54, 1.807) is 0 Å². The highest BCUT2D eigenvalue weighted by Crippen LogP contribution is 2.29. The highest BCUT2D eigenvalue weighted by molar-refractivity contribution is 5.95. The van der Waals surface area contributed by atoms with Crippen molar-refractivity contribution >= 4 is 23.4 Å². The van der Waals surface area contributed by atoms with Crippen molar-refractivity contribution in [3.05, 3.63) is 89.5 Å². The van der Waals surface area contributed by atoms with Gasteiger partial charge in [-0.15, -0.1) is 0 Å². The van der Waals surface area contributed by atoms with Crippen LogP contribution in [-0.2, 0) is 16.1 Å². The number of anilines is 2. The van der Waals surface area contributed by atoms with Crippen LogP contribution in [0, 0.1) is 13.8 Å². The summed E-state index contributed by atoms with van der Waals surface area (Å²) in [6.45, 7) is 3.26. The number of para-hydroxylation sites is 2. The van der Waals surface area contributed by atoms with E-state index >= 15 is 0 Å². The molecule has 0 aliphatic rings. The molecule has 0 aliphatic heterocycles. The molecule has 3 aromatic carbocycles. The van der Waals surface area contributed by atoms with Gasteiger partial charge >= 0.3 is 12.1 Å². The van der Waals surface area contributed by atoms with Crippen LogP contribution in [0.3, 0.4) is 0 Å². The van der Waals surface area contributed by atoms with Gasteiger partial charge in [0.25, 0.3) is 0 Å². The van der Waals surface area contributed by atoms with E-state index in [2.05, 4.69) is 0 Å². The smallest absolute Gasteiger partial charge is 0.419 e. The van der Waals surface area contributed by atoms with Crippen molar-refractivity contribution in [3.8, 4) is 5.75 Å². The first-order valence-corrected chi connectivity index (χ1v) is 9.48. The fraction of sp³-hybridized carbons (Fsp3) is 0.167. The first-order chi connectivity index (χ1) is 14.5. The molecule has 0 heterocycles. The number of aliphatic carboxylic acids is 1. The number of carbonyl (C=O) groups excluding carboxylic acids is 1. The molecule has 0 atom stereocenters. The summed E-state index contributed by atoms with van der Waals surface area (Å²) >= 11 is 0. The van der Waals surface area contributed by atoms with Crippen molar-refractivity contribution in [1.82, 2.24) is 0 Å². The lowest BCUT2D eigenvalue weighted by molar-refractivity contribution is -0.139. The van der Waals surface area contributed by atoms with E-state index in [4.69, 9.17) is 14.6 Å². The number of carboxylic acid groups (broad SMARTS) is 1. The fourth-order valence-electron chi connectivity index (χ4n) is 3.10. The standard InChI is InChI=1S/C24H23NO5/c1-17-13-14-19(18(2)23(17)29-16-22(26)27)15-30-24(28)25(20-9-5-3-6-10-20)21-11-7-4-8-12-21/h3-14H,15-16H2,1-2H3,(H,26,27). The van der Waals surface area contributed by atoms with Crippen molar-refractivity contribution in [2.75, 3.05) is 11.5 Å². The van der Waals surface area contributed by atoms with Crippen molar-refractivity contribution in [2.24, 2.45) is 0 Å². The molecule has 6 heteroatoms. The van der Waals surface area contributed by atoms with Crippen LogP contribution in [0.25, 0.3) is 0 Å². The minimum atomic E-state index is -1.05. The molecule has 1 amide bonds. The van der Waals surface area contributed by atoms with Crippen LogP contribution in [-0.4, -0.2) is 23.8 Å². The molecule has 154 valence electrons. The van der Waals surface area contributed by atoms with Gasteiger partial charge in [0.15, 0.2) is 6.61 Å². The Labute approximate surface area is 175 Å². The SMILES string of the molecule is Cc1ccc(COC(=O)N(c2ccccc2)c2ccccc2)c(C)c1OCC(=O)O. The van der Waals surface area contributed by atoms with Gasteiger partial charge in [-0.2, -0.15) is 0 Å². The zero-order valence-electron chi connectivity index (χ0n) is 16.9. The largest absolute Gasteiger partial charge is 0.481 e. The molecule has 3 aromatic rings. The van der Waals surface area contributed by atoms with E-state index < -0.39 is 18.7 Å². The highest BCUT2D eigenvalue weighted by Gasteiger charge is 2.20. The lowest BCUT2D eigenvalue weighted by Crippen LogP contribution is -2.26. The van der Waals surface area contributed by atoms with Gasteiger partial charge < -0.3 is 14.6 Å². The number of hydrogen-bond acceptors (Lipinski definition) is 4. The lowest BCUT2D eigenvalue weighted by Gasteiger charge is -2.23. The van der Waals surface area contributed by atoms with E-state index in [9.17, 15) is 9.59 Å². The summed E-state index contributed by atoms with van der Waals surface area (Å²) in [6, 6.07) is 22.2. The number of carbonyl (C=O) groups is 2. The van der Waals surface area contributed by atoms with Crippen LogP contribution in [0.15, 0.2) is 72.8 Å². The average Bonchev–Trinajstić information content (AvgIpc) is 2.74. The lowest BCUT2D eigenvalue weighted by atomic mass is 10.0. The number of benzene rings is 3. The topological polar surface area (TPSA) is 76.1 Å². The first-order valence-electron chi connectivity index (χ1n) is 9.48. The van der Waals surface area contributed by atoms with Gasteiger partial charge in [0.05, 0.1) is 11.4 Å². The predicted octanol–water partition coefficient (Wildman–Crippen LogP) is 5.24. The molecule has 1 N–H and O–H groups in total. The molecule has 0 bridgehead atoms. The van der Waals surface area contributed by atoms with Crippen LogP contribution in [0.2, 0.25) is 0 Å². The number of nitrogens with zero attached hydrogens (tertiary/aromatic N) is 1. The average molecular weight is 405 g/mol. The summed E-state index contributed by atoms with van der Waals surface area (Å²) in [5.41, 5.74) is 3.70. The summed E-state index contributed by atoms with van der Waals surface area (Å²) in [5, 5.41) is 8.88. The van der Waals surface area contributed by atoms with Crippen molar-refractivity contribution in [2.45, 2.75) is 20.5 Å². The van der Waals surface area contributed by atoms with Gasteiger partial charge in [-0.3, -0.25) is 0 Å². The Bertz CT molecular complexity index is 979. The van der Waals surface area contributed by atoms with Gasteiger partial charge in [-0.1, -0.05) is 48.5 Å². The van der Waals surface area contributed by atoms with Crippen molar-refractivity contribution in [3.63, 3.8) is 0 Å². The number of hydrogen-bond donors (Lipinski definition) is 1. The quantitative estimate of drug-likeness (QED) is 0.582. The maximum absolute atomic E-state index is 13.0. The maximum atomic E-state index is 13.0. The molecular formula is C24H23NO5. The molecule has 0 fully saturated rings. The molecule has 0 saturated carbocycles. The Morgan fingerprint density at radius 1 is 0.867 bits per heavy atom. The van der Waals surface area contributed by atoms with Gasteiger partial charge in [0.2, 0.25) is 0 Å². The second-order valence-corrected chi connectivity index (χ2v) is 6.74. The van der Waals surface area contributed by atoms with E-state index in [1.165, 1.54) is 4.90 Å². The first kappa shape index (κ1) is 20.9. The van der Waals surface area contributed by atoms with E-state index in [0.29, 0.717) is 17.1 Å². The van der Waals surface area contributed by atoms with Crippen LogP contribution >= 0.6 is 0 Å². The summed E-state index contributed by atoms with van der Waals surface area (Å²) in [4.78, 5) is 25.3. The summed E-state index contributed by atoms with van der Waals surface area (Å²) in [5.74, 6) is -0.555. The summed E-state index contributed by atoms with van der Waals surface area (Å²) < 4.78 is 11.0. The highest BCUT2D eigenvalue weighted by atomic mass is 16.6. The Kier molecular flexibility index (Phi) is 6.70. The molecular weight excluding hydrogens is 382 g/mol. The Morgan fingerprint density at radius 2 is 1.43 bits per heavy atom. The van der Waals surface area contributed by atoms with Gasteiger partial charge in [-0.05, 0) is 54.8 Å². The van der Waals surface area contributed by atoms with Crippen molar-refractivity contribution in [1.29, 1.82) is 0 Å². The van der Waals surface area contributed by atoms with E-state index in [1.807, 2.05) is 86.6 Å². The van der Waals surface area contributed by atoms with Gasteiger partial charge in [0.1, 0.15) is 12.4 Å². The molecule has 0 unspecified atom stereocenters. The Morgan fingerprint density at radius 3 is 1.97 bits per heavy atom. The second kappa shape index (κ2) is 9.60. The Balaban J connectivity index is 1.81. The molecule has 3 rings (SSSR count). The third-order valence-electron chi connectivity index (χ3n) is 4.62. The van der Waals surface area contributed by atoms with Crippen LogP contribution in [0.1, 0.15) is 16.7 Å². The van der Waals surface area contributed by atoms with Crippen LogP contribution < -0.4 is 9.64 Å². The minimum Gasteiger partial charge on any atom is -0.481 e. The minimum absolute atomic E-state index is 0.0323.